The molecule has 0 saturated carbocycles. The fraction of sp³-hybridized carbons (Fsp3) is 0.227. The van der Waals surface area contributed by atoms with Crippen LogP contribution in [0.2, 0.25) is 0 Å². The van der Waals surface area contributed by atoms with E-state index in [-0.39, 0.29) is 18.4 Å². The third-order valence-corrected chi connectivity index (χ3v) is 5.20. The van der Waals surface area contributed by atoms with Gasteiger partial charge >= 0.3 is 0 Å². The molecule has 1 aromatic heterocycles. The van der Waals surface area contributed by atoms with Crippen LogP contribution in [0.5, 0.6) is 5.75 Å². The van der Waals surface area contributed by atoms with Gasteiger partial charge in [0.05, 0.1) is 23.0 Å². The first-order valence-corrected chi connectivity index (χ1v) is 10.2. The molecule has 150 valence electrons. The molecule has 7 heteroatoms. The lowest BCUT2D eigenvalue weighted by molar-refractivity contribution is -0.130. The number of benzene rings is 2. The zero-order chi connectivity index (χ0) is 20.6. The molecule has 0 bridgehead atoms. The van der Waals surface area contributed by atoms with Crippen LogP contribution in [-0.2, 0) is 9.59 Å². The Morgan fingerprint density at radius 2 is 1.93 bits per heavy atom. The van der Waals surface area contributed by atoms with Crippen LogP contribution in [-0.4, -0.2) is 41.9 Å². The second kappa shape index (κ2) is 9.84. The van der Waals surface area contributed by atoms with E-state index in [1.807, 2.05) is 43.3 Å². The zero-order valence-corrected chi connectivity index (χ0v) is 17.2. The molecule has 0 saturated heterocycles. The number of thiazole rings is 1. The molecule has 0 atom stereocenters. The van der Waals surface area contributed by atoms with Gasteiger partial charge in [0, 0.05) is 12.6 Å². The number of nitrogens with one attached hydrogen (secondary N) is 1. The summed E-state index contributed by atoms with van der Waals surface area (Å²) in [4.78, 5) is 31.1. The summed E-state index contributed by atoms with van der Waals surface area (Å²) < 4.78 is 6.32. The Bertz CT molecular complexity index is 996. The quantitative estimate of drug-likeness (QED) is 0.566. The summed E-state index contributed by atoms with van der Waals surface area (Å²) in [7, 11) is 1.55. The van der Waals surface area contributed by atoms with E-state index in [1.54, 1.807) is 25.3 Å². The van der Waals surface area contributed by atoms with E-state index in [4.69, 9.17) is 4.74 Å². The number of methoxy groups -OCH3 is 1. The molecule has 0 aliphatic rings. The number of rotatable bonds is 8. The van der Waals surface area contributed by atoms with Gasteiger partial charge in [0.15, 0.2) is 0 Å². The van der Waals surface area contributed by atoms with E-state index >= 15 is 0 Å². The topological polar surface area (TPSA) is 71.5 Å². The number of carbonyl (C=O) groups is 2. The molecule has 2 amide bonds. The molecule has 0 radical (unpaired) electrons. The maximum absolute atomic E-state index is 12.6. The summed E-state index contributed by atoms with van der Waals surface area (Å²) in [5.74, 6) is 0.0796. The number of aromatic nitrogens is 1. The molecule has 1 N–H and O–H groups in total. The van der Waals surface area contributed by atoms with Crippen molar-refractivity contribution in [2.45, 2.75) is 13.3 Å². The Hall–Kier alpha value is -3.19. The van der Waals surface area contributed by atoms with E-state index in [9.17, 15) is 9.59 Å². The standard InChI is InChI=1S/C22H23N3O3S/c1-3-14-25(15-20(26)23-16-8-4-6-10-18(16)28-2)22(27)13-12-21-24-17-9-5-7-11-19(17)29-21/h4-13H,3,14-15H2,1-2H3,(H,23,26)/b13-12+. The van der Waals surface area contributed by atoms with Crippen molar-refractivity contribution < 1.29 is 14.3 Å². The Labute approximate surface area is 173 Å². The fourth-order valence-corrected chi connectivity index (χ4v) is 3.73. The maximum Gasteiger partial charge on any atom is 0.247 e. The first-order chi connectivity index (χ1) is 14.1. The lowest BCUT2D eigenvalue weighted by Gasteiger charge is -2.20. The molecule has 1 heterocycles. The van der Waals surface area contributed by atoms with Crippen molar-refractivity contribution in [2.75, 3.05) is 25.5 Å². The molecule has 3 rings (SSSR count). The summed E-state index contributed by atoms with van der Waals surface area (Å²) in [6.45, 7) is 2.42. The van der Waals surface area contributed by atoms with Gasteiger partial charge in [0.1, 0.15) is 17.3 Å². The molecule has 6 nitrogen and oxygen atoms in total. The Morgan fingerprint density at radius 3 is 2.69 bits per heavy atom. The Kier molecular flexibility index (Phi) is 6.97. The molecular weight excluding hydrogens is 386 g/mol. The second-order valence-corrected chi connectivity index (χ2v) is 7.42. The molecule has 3 aromatic rings. The van der Waals surface area contributed by atoms with Crippen LogP contribution in [0.15, 0.2) is 54.6 Å². The van der Waals surface area contributed by atoms with E-state index in [1.165, 1.54) is 22.3 Å². The SMILES string of the molecule is CCCN(CC(=O)Nc1ccccc1OC)C(=O)/C=C/c1nc2ccccc2s1. The number of hydrogen-bond donors (Lipinski definition) is 1. The molecule has 2 aromatic carbocycles. The van der Waals surface area contributed by atoms with Gasteiger partial charge in [0.2, 0.25) is 11.8 Å². The normalized spacial score (nSPS) is 11.0. The van der Waals surface area contributed by atoms with Crippen LogP contribution in [0.1, 0.15) is 18.4 Å². The molecule has 29 heavy (non-hydrogen) atoms. The predicted octanol–water partition coefficient (Wildman–Crippen LogP) is 4.20. The van der Waals surface area contributed by atoms with E-state index < -0.39 is 0 Å². The summed E-state index contributed by atoms with van der Waals surface area (Å²) >= 11 is 1.52. The highest BCUT2D eigenvalue weighted by Gasteiger charge is 2.16. The molecule has 0 unspecified atom stereocenters. The summed E-state index contributed by atoms with van der Waals surface area (Å²) in [5, 5.41) is 3.56. The molecule has 0 fully saturated rings. The number of para-hydroxylation sites is 3. The summed E-state index contributed by atoms with van der Waals surface area (Å²) in [6, 6.07) is 15.0. The number of fused-ring (bicyclic) bond motifs is 1. The largest absolute Gasteiger partial charge is 0.495 e. The van der Waals surface area contributed by atoms with Crippen molar-refractivity contribution in [1.29, 1.82) is 0 Å². The first-order valence-electron chi connectivity index (χ1n) is 9.36. The molecular formula is C22H23N3O3S. The van der Waals surface area contributed by atoms with Crippen molar-refractivity contribution in [1.82, 2.24) is 9.88 Å². The minimum absolute atomic E-state index is 0.0328. The highest BCUT2D eigenvalue weighted by atomic mass is 32.1. The van der Waals surface area contributed by atoms with Gasteiger partial charge in [-0.25, -0.2) is 4.98 Å². The number of amides is 2. The summed E-state index contributed by atoms with van der Waals surface area (Å²) in [5.41, 5.74) is 1.49. The van der Waals surface area contributed by atoms with Crippen LogP contribution >= 0.6 is 11.3 Å². The highest BCUT2D eigenvalue weighted by Crippen LogP contribution is 2.23. The Balaban J connectivity index is 1.66. The van der Waals surface area contributed by atoms with Gasteiger partial charge < -0.3 is 15.0 Å². The van der Waals surface area contributed by atoms with Crippen LogP contribution in [0.3, 0.4) is 0 Å². The number of carbonyl (C=O) groups excluding carboxylic acids is 2. The van der Waals surface area contributed by atoms with Gasteiger partial charge in [-0.15, -0.1) is 11.3 Å². The van der Waals surface area contributed by atoms with E-state index in [2.05, 4.69) is 10.3 Å². The lowest BCUT2D eigenvalue weighted by atomic mass is 10.3. The van der Waals surface area contributed by atoms with Crippen LogP contribution in [0.25, 0.3) is 16.3 Å². The van der Waals surface area contributed by atoms with Crippen molar-refractivity contribution in [2.24, 2.45) is 0 Å². The molecule has 0 aliphatic carbocycles. The van der Waals surface area contributed by atoms with Gasteiger partial charge in [-0.1, -0.05) is 31.2 Å². The predicted molar refractivity (Wildman–Crippen MR) is 117 cm³/mol. The highest BCUT2D eigenvalue weighted by molar-refractivity contribution is 7.19. The minimum Gasteiger partial charge on any atom is -0.495 e. The van der Waals surface area contributed by atoms with Crippen LogP contribution < -0.4 is 10.1 Å². The van der Waals surface area contributed by atoms with Gasteiger partial charge in [-0.05, 0) is 36.8 Å². The van der Waals surface area contributed by atoms with Crippen molar-refractivity contribution in [3.63, 3.8) is 0 Å². The zero-order valence-electron chi connectivity index (χ0n) is 16.4. The monoisotopic (exact) mass is 409 g/mol. The average Bonchev–Trinajstić information content (AvgIpc) is 3.15. The minimum atomic E-state index is -0.273. The number of nitrogens with zero attached hydrogens (tertiary/aromatic N) is 2. The van der Waals surface area contributed by atoms with E-state index in [0.717, 1.165) is 21.6 Å². The van der Waals surface area contributed by atoms with Gasteiger partial charge in [0.25, 0.3) is 0 Å². The third kappa shape index (κ3) is 5.42. The first kappa shape index (κ1) is 20.5. The fourth-order valence-electron chi connectivity index (χ4n) is 2.86. The maximum atomic E-state index is 12.6. The van der Waals surface area contributed by atoms with Crippen molar-refractivity contribution >= 4 is 45.1 Å². The van der Waals surface area contributed by atoms with Crippen LogP contribution in [0.4, 0.5) is 5.69 Å². The number of ether oxygens (including phenoxy) is 1. The lowest BCUT2D eigenvalue weighted by Crippen LogP contribution is -2.37. The summed E-state index contributed by atoms with van der Waals surface area (Å²) in [6.07, 6.45) is 3.93. The second-order valence-electron chi connectivity index (χ2n) is 6.36. The van der Waals surface area contributed by atoms with Crippen LogP contribution in [0, 0.1) is 0 Å². The average molecular weight is 410 g/mol. The number of hydrogen-bond acceptors (Lipinski definition) is 5. The van der Waals surface area contributed by atoms with E-state index in [0.29, 0.717) is 18.0 Å². The molecule has 0 aliphatic heterocycles. The van der Waals surface area contributed by atoms with Crippen molar-refractivity contribution in [3.05, 3.63) is 59.6 Å². The molecule has 0 spiro atoms. The number of anilines is 1. The third-order valence-electron chi connectivity index (χ3n) is 4.20. The Morgan fingerprint density at radius 1 is 1.17 bits per heavy atom. The van der Waals surface area contributed by atoms with Gasteiger partial charge in [-0.2, -0.15) is 0 Å². The van der Waals surface area contributed by atoms with Gasteiger partial charge in [-0.3, -0.25) is 9.59 Å². The smallest absolute Gasteiger partial charge is 0.247 e. The van der Waals surface area contributed by atoms with Crippen molar-refractivity contribution in [3.8, 4) is 5.75 Å².